The van der Waals surface area contributed by atoms with Gasteiger partial charge in [0.1, 0.15) is 23.6 Å². The summed E-state index contributed by atoms with van der Waals surface area (Å²) in [5.41, 5.74) is 1.67. The number of aromatic nitrogens is 3. The van der Waals surface area contributed by atoms with Crippen LogP contribution < -0.4 is 10.6 Å². The zero-order valence-electron chi connectivity index (χ0n) is 20.9. The third-order valence-electron chi connectivity index (χ3n) is 5.70. The second-order valence-corrected chi connectivity index (χ2v) is 11.1. The number of benzene rings is 2. The Labute approximate surface area is 243 Å². The zero-order valence-corrected chi connectivity index (χ0v) is 24.2. The van der Waals surface area contributed by atoms with E-state index in [1.165, 1.54) is 6.33 Å². The van der Waals surface area contributed by atoms with Crippen molar-refractivity contribution in [2.45, 2.75) is 16.3 Å². The van der Waals surface area contributed by atoms with Gasteiger partial charge in [0.2, 0.25) is 9.84 Å². The van der Waals surface area contributed by atoms with Gasteiger partial charge in [-0.3, -0.25) is 4.98 Å². The number of furan rings is 1. The number of thioether (sulfide) groups is 1. The minimum absolute atomic E-state index is 0. The number of fused-ring (bicyclic) bond motifs is 1. The van der Waals surface area contributed by atoms with Crippen LogP contribution in [0.1, 0.15) is 5.76 Å². The maximum absolute atomic E-state index is 13.4. The molecule has 0 bridgehead atoms. The van der Waals surface area contributed by atoms with Crippen molar-refractivity contribution >= 4 is 68.8 Å². The van der Waals surface area contributed by atoms with E-state index in [0.29, 0.717) is 40.4 Å². The van der Waals surface area contributed by atoms with Crippen LogP contribution in [0.5, 0.6) is 0 Å². The fraction of sp³-hybridized carbons (Fsp3) is 0.148. The minimum atomic E-state index is -3.74. The lowest BCUT2D eigenvalue weighted by molar-refractivity contribution is 0.498. The van der Waals surface area contributed by atoms with E-state index < -0.39 is 9.84 Å². The molecule has 0 saturated carbocycles. The van der Waals surface area contributed by atoms with E-state index in [9.17, 15) is 8.42 Å². The number of anilines is 2. The number of para-hydroxylation sites is 1. The van der Waals surface area contributed by atoms with Crippen LogP contribution >= 0.6 is 36.6 Å². The molecule has 0 aliphatic carbocycles. The van der Waals surface area contributed by atoms with Gasteiger partial charge in [-0.05, 0) is 48.7 Å². The van der Waals surface area contributed by atoms with Gasteiger partial charge in [-0.25, -0.2) is 18.4 Å². The summed E-state index contributed by atoms with van der Waals surface area (Å²) in [6.45, 7) is 1.54. The van der Waals surface area contributed by atoms with Crippen LogP contribution in [0.4, 0.5) is 11.5 Å². The lowest BCUT2D eigenvalue weighted by Gasteiger charge is -2.13. The lowest BCUT2D eigenvalue weighted by Crippen LogP contribution is -2.15. The van der Waals surface area contributed by atoms with Gasteiger partial charge in [-0.15, -0.1) is 24.8 Å². The van der Waals surface area contributed by atoms with Gasteiger partial charge in [0.25, 0.3) is 0 Å². The third-order valence-corrected chi connectivity index (χ3v) is 8.14. The molecule has 12 heteroatoms. The number of hydrogen-bond acceptors (Lipinski definition) is 9. The molecule has 2 N–H and O–H groups in total. The zero-order chi connectivity index (χ0) is 25.7. The SMILES string of the molecule is CSCCNCc1ccc(-c2cc3c(Nc4ccccc4S(=O)(=O)c4ccccc4)ncnc3cn2)o1.Cl.Cl. The smallest absolute Gasteiger partial charge is 0.208 e. The summed E-state index contributed by atoms with van der Waals surface area (Å²) in [5.74, 6) is 2.95. The van der Waals surface area contributed by atoms with Gasteiger partial charge in [-0.1, -0.05) is 30.3 Å². The highest BCUT2D eigenvalue weighted by Crippen LogP contribution is 2.32. The van der Waals surface area contributed by atoms with Crippen molar-refractivity contribution in [3.05, 3.63) is 91.1 Å². The largest absolute Gasteiger partial charge is 0.458 e. The van der Waals surface area contributed by atoms with Crippen LogP contribution in [0.25, 0.3) is 22.4 Å². The number of pyridine rings is 1. The molecule has 0 radical (unpaired) electrons. The van der Waals surface area contributed by atoms with E-state index in [0.717, 1.165) is 18.1 Å². The fourth-order valence-electron chi connectivity index (χ4n) is 3.85. The molecule has 39 heavy (non-hydrogen) atoms. The van der Waals surface area contributed by atoms with Gasteiger partial charge >= 0.3 is 0 Å². The second kappa shape index (κ2) is 13.8. The molecule has 5 rings (SSSR count). The molecule has 0 saturated heterocycles. The molecule has 0 unspecified atom stereocenters. The Kier molecular flexibility index (Phi) is 10.7. The molecule has 0 spiro atoms. The van der Waals surface area contributed by atoms with Gasteiger partial charge in [0, 0.05) is 17.7 Å². The molecular weight excluding hydrogens is 577 g/mol. The maximum atomic E-state index is 13.4. The number of nitrogens with zero attached hydrogens (tertiary/aromatic N) is 3. The second-order valence-electron chi connectivity index (χ2n) is 8.18. The molecule has 2 aromatic carbocycles. The maximum Gasteiger partial charge on any atom is 0.208 e. The highest BCUT2D eigenvalue weighted by molar-refractivity contribution is 7.98. The van der Waals surface area contributed by atoms with E-state index in [4.69, 9.17) is 4.42 Å². The van der Waals surface area contributed by atoms with Crippen molar-refractivity contribution in [2.24, 2.45) is 0 Å². The molecule has 0 fully saturated rings. The number of hydrogen-bond donors (Lipinski definition) is 2. The first-order valence-electron chi connectivity index (χ1n) is 11.6. The Morgan fingerprint density at radius 2 is 1.69 bits per heavy atom. The molecule has 3 aromatic heterocycles. The normalized spacial score (nSPS) is 11.0. The Balaban J connectivity index is 0.00000210. The van der Waals surface area contributed by atoms with E-state index in [1.807, 2.05) is 18.2 Å². The summed E-state index contributed by atoms with van der Waals surface area (Å²) in [7, 11) is -3.74. The van der Waals surface area contributed by atoms with Crippen molar-refractivity contribution in [3.8, 4) is 11.5 Å². The summed E-state index contributed by atoms with van der Waals surface area (Å²) in [6.07, 6.45) is 5.15. The van der Waals surface area contributed by atoms with Crippen molar-refractivity contribution in [1.82, 2.24) is 20.3 Å². The van der Waals surface area contributed by atoms with Gasteiger partial charge in [-0.2, -0.15) is 11.8 Å². The molecule has 8 nitrogen and oxygen atoms in total. The third kappa shape index (κ3) is 6.90. The fourth-order valence-corrected chi connectivity index (χ4v) is 5.63. The Morgan fingerprint density at radius 3 is 2.49 bits per heavy atom. The minimum Gasteiger partial charge on any atom is -0.458 e. The van der Waals surface area contributed by atoms with E-state index in [-0.39, 0.29) is 34.6 Å². The average Bonchev–Trinajstić information content (AvgIpc) is 3.41. The summed E-state index contributed by atoms with van der Waals surface area (Å²) >= 11 is 1.79. The van der Waals surface area contributed by atoms with Gasteiger partial charge in [0.15, 0.2) is 5.76 Å². The molecule has 0 amide bonds. The molecule has 204 valence electrons. The van der Waals surface area contributed by atoms with Gasteiger partial charge < -0.3 is 15.1 Å². The van der Waals surface area contributed by atoms with Crippen LogP contribution in [0, 0.1) is 0 Å². The Hall–Kier alpha value is -3.15. The topological polar surface area (TPSA) is 110 Å². The average molecular weight is 605 g/mol. The lowest BCUT2D eigenvalue weighted by atomic mass is 10.2. The van der Waals surface area contributed by atoms with Crippen molar-refractivity contribution in [2.75, 3.05) is 23.9 Å². The Morgan fingerprint density at radius 1 is 0.923 bits per heavy atom. The summed E-state index contributed by atoms with van der Waals surface area (Å²) in [4.78, 5) is 13.6. The monoisotopic (exact) mass is 603 g/mol. The molecule has 0 atom stereocenters. The van der Waals surface area contributed by atoms with Crippen LogP contribution in [-0.4, -0.2) is 41.9 Å². The van der Waals surface area contributed by atoms with Crippen molar-refractivity contribution in [1.29, 1.82) is 0 Å². The molecular formula is C27H27Cl2N5O3S2. The molecule has 0 aliphatic heterocycles. The molecule has 3 heterocycles. The molecule has 0 aliphatic rings. The quantitative estimate of drug-likeness (QED) is 0.181. The number of rotatable bonds is 10. The number of nitrogens with one attached hydrogen (secondary N) is 2. The van der Waals surface area contributed by atoms with Crippen LogP contribution in [-0.2, 0) is 16.4 Å². The summed E-state index contributed by atoms with van der Waals surface area (Å²) < 4.78 is 32.7. The predicted molar refractivity (Wildman–Crippen MR) is 161 cm³/mol. The van der Waals surface area contributed by atoms with Crippen molar-refractivity contribution in [3.63, 3.8) is 0 Å². The highest BCUT2D eigenvalue weighted by atomic mass is 35.5. The number of sulfone groups is 1. The first-order valence-corrected chi connectivity index (χ1v) is 14.5. The molecule has 5 aromatic rings. The van der Waals surface area contributed by atoms with E-state index in [1.54, 1.807) is 72.6 Å². The van der Waals surface area contributed by atoms with Crippen LogP contribution in [0.2, 0.25) is 0 Å². The summed E-state index contributed by atoms with van der Waals surface area (Å²) in [5, 5.41) is 7.25. The predicted octanol–water partition coefficient (Wildman–Crippen LogP) is 6.16. The van der Waals surface area contributed by atoms with E-state index >= 15 is 0 Å². The standard InChI is InChI=1S/C27H25N5O3S2.2ClH/c1-36-14-13-28-16-19-11-12-25(35-19)23-15-21-24(17-29-23)30-18-31-27(21)32-22-9-5-6-10-26(22)37(33,34)20-7-3-2-4-8-20;;/h2-12,15,17-18,28H,13-14,16H2,1H3,(H,30,31,32);2*1H. The van der Waals surface area contributed by atoms with Crippen molar-refractivity contribution < 1.29 is 12.8 Å². The Bertz CT molecular complexity index is 1630. The van der Waals surface area contributed by atoms with Crippen LogP contribution in [0.15, 0.2) is 99.5 Å². The van der Waals surface area contributed by atoms with Crippen LogP contribution in [0.3, 0.4) is 0 Å². The number of halogens is 2. The highest BCUT2D eigenvalue weighted by Gasteiger charge is 2.21. The van der Waals surface area contributed by atoms with E-state index in [2.05, 4.69) is 31.8 Å². The summed E-state index contributed by atoms with van der Waals surface area (Å²) in [6, 6.07) is 20.8. The van der Waals surface area contributed by atoms with Gasteiger partial charge in [0.05, 0.1) is 33.7 Å². The first-order chi connectivity index (χ1) is 18.1. The first kappa shape index (κ1) is 30.4.